The van der Waals surface area contributed by atoms with Crippen LogP contribution in [0.1, 0.15) is 26.0 Å². The number of sulfonamides is 1. The molecule has 0 aliphatic heterocycles. The maximum absolute atomic E-state index is 12.5. The zero-order valence-electron chi connectivity index (χ0n) is 13.5. The molecule has 7 heteroatoms. The molecule has 122 valence electrons. The van der Waals surface area contributed by atoms with Crippen LogP contribution in [0.2, 0.25) is 0 Å². The van der Waals surface area contributed by atoms with E-state index in [0.29, 0.717) is 18.2 Å². The Bertz CT molecular complexity index is 540. The van der Waals surface area contributed by atoms with Gasteiger partial charge in [-0.1, -0.05) is 13.8 Å². The summed E-state index contributed by atoms with van der Waals surface area (Å²) < 4.78 is 29.3. The summed E-state index contributed by atoms with van der Waals surface area (Å²) in [5.74, 6) is 0.404. The van der Waals surface area contributed by atoms with Gasteiger partial charge in [0, 0.05) is 31.5 Å². The average molecular weight is 317 g/mol. The van der Waals surface area contributed by atoms with Crippen LogP contribution >= 0.6 is 0 Å². The minimum absolute atomic E-state index is 0.136. The van der Waals surface area contributed by atoms with Crippen LogP contribution in [0, 0.1) is 5.92 Å². The maximum atomic E-state index is 12.5. The van der Waals surface area contributed by atoms with Crippen LogP contribution in [0.5, 0.6) is 0 Å². The summed E-state index contributed by atoms with van der Waals surface area (Å²) in [4.78, 5) is 2.17. The van der Waals surface area contributed by atoms with Crippen LogP contribution in [0.25, 0.3) is 0 Å². The third kappa shape index (κ3) is 5.43. The van der Waals surface area contributed by atoms with Gasteiger partial charge in [0.25, 0.3) is 0 Å². The summed E-state index contributed by atoms with van der Waals surface area (Å²) in [6, 6.07) is 1.37. The number of hydrogen-bond donors (Lipinski definition) is 2. The molecule has 0 aromatic carbocycles. The molecule has 0 saturated carbocycles. The van der Waals surface area contributed by atoms with E-state index in [-0.39, 0.29) is 17.5 Å². The van der Waals surface area contributed by atoms with Gasteiger partial charge in [-0.25, -0.2) is 13.1 Å². The van der Waals surface area contributed by atoms with Crippen LogP contribution in [-0.2, 0) is 23.7 Å². The Morgan fingerprint density at radius 3 is 2.43 bits per heavy atom. The van der Waals surface area contributed by atoms with E-state index >= 15 is 0 Å². The molecule has 0 fully saturated rings. The highest BCUT2D eigenvalue weighted by Crippen LogP contribution is 2.15. The van der Waals surface area contributed by atoms with E-state index in [1.807, 2.05) is 19.0 Å². The normalized spacial score (nSPS) is 14.1. The molecule has 0 aliphatic carbocycles. The van der Waals surface area contributed by atoms with Crippen molar-refractivity contribution in [1.82, 2.24) is 14.2 Å². The second-order valence-electron chi connectivity index (χ2n) is 6.15. The van der Waals surface area contributed by atoms with Crippen molar-refractivity contribution in [2.24, 2.45) is 13.0 Å². The molecule has 1 unspecified atom stereocenters. The Labute approximate surface area is 127 Å². The predicted octanol–water partition coefficient (Wildman–Crippen LogP) is 0.772. The molecule has 0 bridgehead atoms. The number of aliphatic hydroxyl groups is 1. The van der Waals surface area contributed by atoms with E-state index in [1.165, 1.54) is 12.3 Å². The van der Waals surface area contributed by atoms with Gasteiger partial charge in [0.15, 0.2) is 0 Å². The zero-order valence-corrected chi connectivity index (χ0v) is 14.3. The molecule has 0 amide bonds. The van der Waals surface area contributed by atoms with E-state index < -0.39 is 10.0 Å². The van der Waals surface area contributed by atoms with E-state index in [2.05, 4.69) is 18.6 Å². The number of aryl methyl sites for hydroxylation is 1. The van der Waals surface area contributed by atoms with Gasteiger partial charge >= 0.3 is 0 Å². The van der Waals surface area contributed by atoms with Crippen LogP contribution in [0.15, 0.2) is 17.2 Å². The molecule has 0 saturated heterocycles. The minimum atomic E-state index is -3.57. The lowest BCUT2D eigenvalue weighted by Crippen LogP contribution is -2.42. The second-order valence-corrected chi connectivity index (χ2v) is 7.86. The molecule has 0 aliphatic rings. The first-order valence-corrected chi connectivity index (χ1v) is 8.57. The summed E-state index contributed by atoms with van der Waals surface area (Å²) >= 11 is 0. The Morgan fingerprint density at radius 2 is 2.00 bits per heavy atom. The molecule has 2 N–H and O–H groups in total. The maximum Gasteiger partial charge on any atom is 0.242 e. The van der Waals surface area contributed by atoms with Gasteiger partial charge in [0.05, 0.1) is 11.5 Å². The topological polar surface area (TPSA) is 74.6 Å². The highest BCUT2D eigenvalue weighted by Gasteiger charge is 2.23. The van der Waals surface area contributed by atoms with Crippen LogP contribution in [0.4, 0.5) is 0 Å². The van der Waals surface area contributed by atoms with Gasteiger partial charge in [0.1, 0.15) is 0 Å². The number of nitrogens with one attached hydrogen (secondary N) is 1. The fraction of sp³-hybridized carbons (Fsp3) is 0.714. The smallest absolute Gasteiger partial charge is 0.242 e. The molecule has 0 spiro atoms. The lowest BCUT2D eigenvalue weighted by atomic mass is 10.0. The third-order valence-electron chi connectivity index (χ3n) is 3.22. The highest BCUT2D eigenvalue weighted by molar-refractivity contribution is 7.89. The Hall–Kier alpha value is -0.890. The van der Waals surface area contributed by atoms with Crippen LogP contribution < -0.4 is 4.72 Å². The summed E-state index contributed by atoms with van der Waals surface area (Å²) in [7, 11) is 2.00. The van der Waals surface area contributed by atoms with Crippen molar-refractivity contribution in [3.63, 3.8) is 0 Å². The summed E-state index contributed by atoms with van der Waals surface area (Å²) in [6.07, 6.45) is 2.30. The summed E-state index contributed by atoms with van der Waals surface area (Å²) in [5.41, 5.74) is 0.573. The van der Waals surface area contributed by atoms with Crippen LogP contribution in [-0.4, -0.2) is 49.7 Å². The number of likely N-dealkylation sites (N-methyl/N-ethyl adjacent to an activating group) is 1. The molecule has 0 radical (unpaired) electrons. The Morgan fingerprint density at radius 1 is 1.38 bits per heavy atom. The Kier molecular flexibility index (Phi) is 6.40. The standard InChI is InChI=1S/C14H27N3O3S/c1-11(2)6-12(8-16(3)4)15-21(19,20)14-7-13(10-18)17(5)9-14/h7,9,11-12,15,18H,6,8,10H2,1-5H3. The van der Waals surface area contributed by atoms with Gasteiger partial charge in [-0.3, -0.25) is 0 Å². The Balaban J connectivity index is 2.93. The van der Waals surface area contributed by atoms with Gasteiger partial charge in [-0.15, -0.1) is 0 Å². The SMILES string of the molecule is CC(C)CC(CN(C)C)NS(=O)(=O)c1cc(CO)n(C)c1. The first-order chi connectivity index (χ1) is 9.65. The van der Waals surface area contributed by atoms with Gasteiger partial charge < -0.3 is 14.6 Å². The fourth-order valence-electron chi connectivity index (χ4n) is 2.34. The lowest BCUT2D eigenvalue weighted by Gasteiger charge is -2.23. The van der Waals surface area contributed by atoms with Gasteiger partial charge in [-0.2, -0.15) is 0 Å². The van der Waals surface area contributed by atoms with Crippen molar-refractivity contribution in [2.75, 3.05) is 20.6 Å². The minimum Gasteiger partial charge on any atom is -0.390 e. The first kappa shape index (κ1) is 18.2. The molecular formula is C14H27N3O3S. The van der Waals surface area contributed by atoms with Crippen molar-refractivity contribution in [1.29, 1.82) is 0 Å². The average Bonchev–Trinajstić information content (AvgIpc) is 2.68. The summed E-state index contributed by atoms with van der Waals surface area (Å²) in [6.45, 7) is 4.61. The van der Waals surface area contributed by atoms with Crippen LogP contribution in [0.3, 0.4) is 0 Å². The van der Waals surface area contributed by atoms with Crippen molar-refractivity contribution < 1.29 is 13.5 Å². The zero-order chi connectivity index (χ0) is 16.2. The van der Waals surface area contributed by atoms with Gasteiger partial charge in [0.2, 0.25) is 10.0 Å². The van der Waals surface area contributed by atoms with Crippen molar-refractivity contribution in [3.05, 3.63) is 18.0 Å². The second kappa shape index (κ2) is 7.40. The van der Waals surface area contributed by atoms with Crippen molar-refractivity contribution in [3.8, 4) is 0 Å². The highest BCUT2D eigenvalue weighted by atomic mass is 32.2. The molecule has 1 aromatic rings. The molecule has 1 aromatic heterocycles. The number of nitrogens with zero attached hydrogens (tertiary/aromatic N) is 2. The molecular weight excluding hydrogens is 290 g/mol. The summed E-state index contributed by atoms with van der Waals surface area (Å²) in [5, 5.41) is 9.17. The largest absolute Gasteiger partial charge is 0.390 e. The molecule has 1 atom stereocenters. The number of aromatic nitrogens is 1. The number of aliphatic hydroxyl groups excluding tert-OH is 1. The molecule has 1 rings (SSSR count). The quantitative estimate of drug-likeness (QED) is 0.743. The number of hydrogen-bond acceptors (Lipinski definition) is 4. The third-order valence-corrected chi connectivity index (χ3v) is 4.71. The van der Waals surface area contributed by atoms with E-state index in [9.17, 15) is 13.5 Å². The predicted molar refractivity (Wildman–Crippen MR) is 83.5 cm³/mol. The van der Waals surface area contributed by atoms with E-state index in [1.54, 1.807) is 11.6 Å². The van der Waals surface area contributed by atoms with E-state index in [0.717, 1.165) is 6.42 Å². The molecule has 21 heavy (non-hydrogen) atoms. The van der Waals surface area contributed by atoms with Gasteiger partial charge in [-0.05, 0) is 32.5 Å². The lowest BCUT2D eigenvalue weighted by molar-refractivity contribution is 0.272. The monoisotopic (exact) mass is 317 g/mol. The molecule has 1 heterocycles. The first-order valence-electron chi connectivity index (χ1n) is 7.09. The number of rotatable bonds is 8. The van der Waals surface area contributed by atoms with E-state index in [4.69, 9.17) is 0 Å². The fourth-order valence-corrected chi connectivity index (χ4v) is 3.67. The molecule has 6 nitrogen and oxygen atoms in total. The van der Waals surface area contributed by atoms with Crippen molar-refractivity contribution in [2.45, 2.75) is 37.8 Å². The van der Waals surface area contributed by atoms with Crippen molar-refractivity contribution >= 4 is 10.0 Å².